The number of carbonyl (C=O) groups excluding carboxylic acids is 2. The second kappa shape index (κ2) is 8.67. The van der Waals surface area contributed by atoms with E-state index in [9.17, 15) is 9.59 Å². The molecule has 1 amide bonds. The summed E-state index contributed by atoms with van der Waals surface area (Å²) >= 11 is 0. The first kappa shape index (κ1) is 15.7. The van der Waals surface area contributed by atoms with E-state index in [2.05, 4.69) is 22.1 Å². The van der Waals surface area contributed by atoms with Crippen molar-refractivity contribution in [3.63, 3.8) is 0 Å². The first-order chi connectivity index (χ1) is 9.67. The lowest BCUT2D eigenvalue weighted by Gasteiger charge is -2.04. The molecule has 0 fully saturated rings. The van der Waals surface area contributed by atoms with Gasteiger partial charge in [-0.3, -0.25) is 14.6 Å². The standard InChI is InChI=1S/C14H16N2O4/c1-2-20-13(18)10-16-14(19)12-7-11(8-15-9-12)5-3-4-6-17/h7-9,17H,2,4,6,10H2,1H3,(H,16,19). The Morgan fingerprint density at radius 1 is 1.45 bits per heavy atom. The lowest BCUT2D eigenvalue weighted by Crippen LogP contribution is -2.30. The fourth-order valence-corrected chi connectivity index (χ4v) is 1.32. The molecule has 1 rings (SSSR count). The highest BCUT2D eigenvalue weighted by Crippen LogP contribution is 2.01. The van der Waals surface area contributed by atoms with Crippen LogP contribution in [0.4, 0.5) is 0 Å². The van der Waals surface area contributed by atoms with Crippen LogP contribution >= 0.6 is 0 Å². The quantitative estimate of drug-likeness (QED) is 0.588. The third-order valence-electron chi connectivity index (χ3n) is 2.17. The van der Waals surface area contributed by atoms with Crippen molar-refractivity contribution in [3.05, 3.63) is 29.6 Å². The minimum Gasteiger partial charge on any atom is -0.465 e. The van der Waals surface area contributed by atoms with Gasteiger partial charge in [0.1, 0.15) is 6.54 Å². The Kier molecular flexibility index (Phi) is 6.79. The maximum Gasteiger partial charge on any atom is 0.325 e. The molecule has 1 aromatic heterocycles. The minimum absolute atomic E-state index is 0.0137. The van der Waals surface area contributed by atoms with Crippen molar-refractivity contribution in [2.75, 3.05) is 19.8 Å². The number of hydrogen-bond acceptors (Lipinski definition) is 5. The van der Waals surface area contributed by atoms with E-state index in [4.69, 9.17) is 9.84 Å². The number of pyridine rings is 1. The minimum atomic E-state index is -0.493. The van der Waals surface area contributed by atoms with Crippen molar-refractivity contribution in [3.8, 4) is 11.8 Å². The Morgan fingerprint density at radius 2 is 2.25 bits per heavy atom. The van der Waals surface area contributed by atoms with Crippen molar-refractivity contribution in [2.24, 2.45) is 0 Å². The van der Waals surface area contributed by atoms with Gasteiger partial charge in [-0.2, -0.15) is 0 Å². The summed E-state index contributed by atoms with van der Waals surface area (Å²) < 4.78 is 4.70. The van der Waals surface area contributed by atoms with Gasteiger partial charge in [0.2, 0.25) is 0 Å². The molecular weight excluding hydrogens is 260 g/mol. The second-order valence-corrected chi connectivity index (χ2v) is 3.73. The lowest BCUT2D eigenvalue weighted by molar-refractivity contribution is -0.141. The fourth-order valence-electron chi connectivity index (χ4n) is 1.32. The zero-order valence-electron chi connectivity index (χ0n) is 11.2. The molecule has 0 saturated carbocycles. The summed E-state index contributed by atoms with van der Waals surface area (Å²) in [5, 5.41) is 11.1. The van der Waals surface area contributed by atoms with Crippen LogP contribution in [0, 0.1) is 11.8 Å². The van der Waals surface area contributed by atoms with Crippen molar-refractivity contribution in [1.29, 1.82) is 0 Å². The van der Waals surface area contributed by atoms with Crippen molar-refractivity contribution in [2.45, 2.75) is 13.3 Å². The van der Waals surface area contributed by atoms with Gasteiger partial charge >= 0.3 is 5.97 Å². The predicted octanol–water partition coefficient (Wildman–Crippen LogP) is 0.108. The molecule has 6 heteroatoms. The molecular formula is C14H16N2O4. The van der Waals surface area contributed by atoms with Crippen LogP contribution in [0.15, 0.2) is 18.5 Å². The van der Waals surface area contributed by atoms with E-state index in [1.165, 1.54) is 12.4 Å². The number of ether oxygens (including phenoxy) is 1. The lowest BCUT2D eigenvalue weighted by atomic mass is 10.2. The van der Waals surface area contributed by atoms with E-state index < -0.39 is 11.9 Å². The molecule has 2 N–H and O–H groups in total. The molecule has 6 nitrogen and oxygen atoms in total. The molecule has 1 heterocycles. The zero-order valence-corrected chi connectivity index (χ0v) is 11.2. The SMILES string of the molecule is CCOC(=O)CNC(=O)c1cncc(C#CCCO)c1. The first-order valence-electron chi connectivity index (χ1n) is 6.16. The maximum absolute atomic E-state index is 11.8. The fraction of sp³-hybridized carbons (Fsp3) is 0.357. The number of aromatic nitrogens is 1. The number of amides is 1. The van der Waals surface area contributed by atoms with Crippen molar-refractivity contribution in [1.82, 2.24) is 10.3 Å². The van der Waals surface area contributed by atoms with E-state index >= 15 is 0 Å². The number of carbonyl (C=O) groups is 2. The van der Waals surface area contributed by atoms with Gasteiger partial charge in [0, 0.05) is 24.4 Å². The van der Waals surface area contributed by atoms with Crippen LogP contribution in [0.3, 0.4) is 0 Å². The Morgan fingerprint density at radius 3 is 2.95 bits per heavy atom. The summed E-state index contributed by atoms with van der Waals surface area (Å²) in [5.74, 6) is 4.61. The van der Waals surface area contributed by atoms with Gasteiger partial charge in [-0.25, -0.2) is 0 Å². The van der Waals surface area contributed by atoms with E-state index in [1.54, 1.807) is 13.0 Å². The van der Waals surface area contributed by atoms with Crippen molar-refractivity contribution >= 4 is 11.9 Å². The van der Waals surface area contributed by atoms with Crippen LogP contribution in [0.2, 0.25) is 0 Å². The van der Waals surface area contributed by atoms with E-state index in [-0.39, 0.29) is 19.8 Å². The average molecular weight is 276 g/mol. The summed E-state index contributed by atoms with van der Waals surface area (Å²) in [6.45, 7) is 1.76. The number of esters is 1. The summed E-state index contributed by atoms with van der Waals surface area (Å²) in [6.07, 6.45) is 3.27. The van der Waals surface area contributed by atoms with Gasteiger partial charge in [-0.15, -0.1) is 0 Å². The van der Waals surface area contributed by atoms with Crippen LogP contribution in [0.25, 0.3) is 0 Å². The molecule has 0 radical (unpaired) electrons. The second-order valence-electron chi connectivity index (χ2n) is 3.73. The highest BCUT2D eigenvalue weighted by Gasteiger charge is 2.09. The van der Waals surface area contributed by atoms with Crippen LogP contribution in [-0.4, -0.2) is 41.7 Å². The van der Waals surface area contributed by atoms with Crippen molar-refractivity contribution < 1.29 is 19.4 Å². The molecule has 106 valence electrons. The number of nitrogens with zero attached hydrogens (tertiary/aromatic N) is 1. The predicted molar refractivity (Wildman–Crippen MR) is 71.8 cm³/mol. The van der Waals surface area contributed by atoms with Gasteiger partial charge in [0.05, 0.1) is 18.8 Å². The molecule has 0 bridgehead atoms. The highest BCUT2D eigenvalue weighted by molar-refractivity contribution is 5.95. The summed E-state index contributed by atoms with van der Waals surface area (Å²) in [4.78, 5) is 26.8. The Labute approximate surface area is 117 Å². The number of nitrogens with one attached hydrogen (secondary N) is 1. The average Bonchev–Trinajstić information content (AvgIpc) is 2.46. The number of hydrogen-bond donors (Lipinski definition) is 2. The van der Waals surface area contributed by atoms with Crippen LogP contribution in [0.5, 0.6) is 0 Å². The topological polar surface area (TPSA) is 88.5 Å². The van der Waals surface area contributed by atoms with Gasteiger partial charge in [0.15, 0.2) is 0 Å². The number of aliphatic hydroxyl groups excluding tert-OH is 1. The first-order valence-corrected chi connectivity index (χ1v) is 6.16. The summed E-state index contributed by atoms with van der Waals surface area (Å²) in [6, 6.07) is 1.57. The molecule has 0 unspecified atom stereocenters. The Bertz CT molecular complexity index is 531. The van der Waals surface area contributed by atoms with E-state index in [0.29, 0.717) is 17.5 Å². The smallest absolute Gasteiger partial charge is 0.325 e. The number of rotatable bonds is 5. The zero-order chi connectivity index (χ0) is 14.8. The van der Waals surface area contributed by atoms with Gasteiger partial charge in [-0.05, 0) is 13.0 Å². The molecule has 0 saturated heterocycles. The third kappa shape index (κ3) is 5.50. The molecule has 0 aliphatic carbocycles. The van der Waals surface area contributed by atoms with Gasteiger partial charge in [-0.1, -0.05) is 11.8 Å². The molecule has 1 aromatic rings. The number of aliphatic hydroxyl groups is 1. The normalized spacial score (nSPS) is 9.30. The molecule has 0 aliphatic heterocycles. The Balaban J connectivity index is 2.63. The van der Waals surface area contributed by atoms with Gasteiger partial charge < -0.3 is 15.2 Å². The molecule has 0 spiro atoms. The van der Waals surface area contributed by atoms with Crippen LogP contribution in [0.1, 0.15) is 29.3 Å². The summed E-state index contributed by atoms with van der Waals surface area (Å²) in [7, 11) is 0. The molecule has 0 atom stereocenters. The van der Waals surface area contributed by atoms with E-state index in [1.807, 2.05) is 0 Å². The monoisotopic (exact) mass is 276 g/mol. The van der Waals surface area contributed by atoms with E-state index in [0.717, 1.165) is 0 Å². The largest absolute Gasteiger partial charge is 0.465 e. The molecule has 0 aromatic carbocycles. The highest BCUT2D eigenvalue weighted by atomic mass is 16.5. The Hall–Kier alpha value is -2.39. The van der Waals surface area contributed by atoms with Crippen LogP contribution < -0.4 is 5.32 Å². The molecule has 20 heavy (non-hydrogen) atoms. The summed E-state index contributed by atoms with van der Waals surface area (Å²) in [5.41, 5.74) is 0.882. The molecule has 0 aliphatic rings. The third-order valence-corrected chi connectivity index (χ3v) is 2.17. The van der Waals surface area contributed by atoms with Crippen LogP contribution in [-0.2, 0) is 9.53 Å². The maximum atomic E-state index is 11.8. The van der Waals surface area contributed by atoms with Gasteiger partial charge in [0.25, 0.3) is 5.91 Å².